The van der Waals surface area contributed by atoms with Crippen LogP contribution in [0.4, 0.5) is 0 Å². The second-order valence-corrected chi connectivity index (χ2v) is 6.30. The second-order valence-electron chi connectivity index (χ2n) is 6.30. The highest BCUT2D eigenvalue weighted by atomic mass is 16.5. The summed E-state index contributed by atoms with van der Waals surface area (Å²) >= 11 is 0. The average Bonchev–Trinajstić information content (AvgIpc) is 3.31. The Morgan fingerprint density at radius 1 is 1.05 bits per heavy atom. The summed E-state index contributed by atoms with van der Waals surface area (Å²) in [6, 6.07) is 0.560. The molecule has 0 aromatic carbocycles. The number of amides is 1. The molecule has 4 heteroatoms. The van der Waals surface area contributed by atoms with Crippen LogP contribution in [0.2, 0.25) is 0 Å². The van der Waals surface area contributed by atoms with Crippen LogP contribution < -0.4 is 5.32 Å². The zero-order chi connectivity index (χ0) is 13.1. The Balaban J connectivity index is 1.57. The van der Waals surface area contributed by atoms with Crippen molar-refractivity contribution >= 4 is 5.91 Å². The van der Waals surface area contributed by atoms with Gasteiger partial charge in [0.1, 0.15) is 0 Å². The first kappa shape index (κ1) is 13.4. The molecule has 2 saturated heterocycles. The van der Waals surface area contributed by atoms with Crippen molar-refractivity contribution < 1.29 is 9.53 Å². The largest absolute Gasteiger partial charge is 0.381 e. The molecule has 0 unspecified atom stereocenters. The summed E-state index contributed by atoms with van der Waals surface area (Å²) in [4.78, 5) is 14.9. The van der Waals surface area contributed by atoms with Crippen LogP contribution in [0, 0.1) is 11.8 Å². The number of hydrogen-bond donors (Lipinski definition) is 1. The minimum Gasteiger partial charge on any atom is -0.381 e. The molecule has 1 aliphatic carbocycles. The van der Waals surface area contributed by atoms with E-state index in [2.05, 4.69) is 10.2 Å². The van der Waals surface area contributed by atoms with E-state index in [1.165, 1.54) is 25.7 Å². The molecule has 3 fully saturated rings. The molecule has 2 heterocycles. The Hall–Kier alpha value is -0.610. The number of nitrogens with one attached hydrogen (secondary N) is 1. The van der Waals surface area contributed by atoms with Crippen LogP contribution >= 0.6 is 0 Å². The van der Waals surface area contributed by atoms with Gasteiger partial charge < -0.3 is 15.0 Å². The predicted octanol–water partition coefficient (Wildman–Crippen LogP) is 1.40. The van der Waals surface area contributed by atoms with Gasteiger partial charge in [-0.15, -0.1) is 0 Å². The number of carbonyl (C=O) groups is 1. The maximum Gasteiger partial charge on any atom is 0.226 e. The molecule has 0 atom stereocenters. The SMILES string of the molecule is O=C(C1CCOCC1)N(CC1CCNCC1)C1CC1. The van der Waals surface area contributed by atoms with Gasteiger partial charge in [-0.25, -0.2) is 0 Å². The maximum absolute atomic E-state index is 12.7. The summed E-state index contributed by atoms with van der Waals surface area (Å²) in [6.45, 7) is 4.77. The summed E-state index contributed by atoms with van der Waals surface area (Å²) in [6.07, 6.45) is 6.75. The molecule has 0 radical (unpaired) electrons. The highest BCUT2D eigenvalue weighted by Crippen LogP contribution is 2.31. The fourth-order valence-electron chi connectivity index (χ4n) is 3.33. The molecule has 1 amide bonds. The Morgan fingerprint density at radius 2 is 1.74 bits per heavy atom. The summed E-state index contributed by atoms with van der Waals surface area (Å²) < 4.78 is 5.38. The van der Waals surface area contributed by atoms with E-state index in [-0.39, 0.29) is 5.92 Å². The van der Waals surface area contributed by atoms with Gasteiger partial charge in [-0.2, -0.15) is 0 Å². The van der Waals surface area contributed by atoms with Crippen LogP contribution in [-0.2, 0) is 9.53 Å². The number of hydrogen-bond acceptors (Lipinski definition) is 3. The van der Waals surface area contributed by atoms with Gasteiger partial charge in [0.05, 0.1) is 0 Å². The standard InChI is InChI=1S/C15H26N2O2/c18-15(13-5-9-19-10-6-13)17(14-1-2-14)11-12-3-7-16-8-4-12/h12-14,16H,1-11H2. The van der Waals surface area contributed by atoms with Crippen molar-refractivity contribution in [3.8, 4) is 0 Å². The topological polar surface area (TPSA) is 41.6 Å². The smallest absolute Gasteiger partial charge is 0.226 e. The quantitative estimate of drug-likeness (QED) is 0.836. The van der Waals surface area contributed by atoms with Crippen molar-refractivity contribution in [3.05, 3.63) is 0 Å². The molecule has 0 aromatic rings. The number of carbonyl (C=O) groups excluding carboxylic acids is 1. The Bertz CT molecular complexity index is 305. The number of rotatable bonds is 4. The van der Waals surface area contributed by atoms with Gasteiger partial charge in [0.15, 0.2) is 0 Å². The molecule has 19 heavy (non-hydrogen) atoms. The fraction of sp³-hybridized carbons (Fsp3) is 0.933. The van der Waals surface area contributed by atoms with Crippen LogP contribution in [0.5, 0.6) is 0 Å². The first-order valence-corrected chi connectivity index (χ1v) is 7.93. The van der Waals surface area contributed by atoms with Crippen LogP contribution in [0.15, 0.2) is 0 Å². The van der Waals surface area contributed by atoms with E-state index in [1.807, 2.05) is 0 Å². The van der Waals surface area contributed by atoms with E-state index in [9.17, 15) is 4.79 Å². The molecule has 0 aromatic heterocycles. The summed E-state index contributed by atoms with van der Waals surface area (Å²) in [7, 11) is 0. The van der Waals surface area contributed by atoms with Gasteiger partial charge in [-0.05, 0) is 57.5 Å². The van der Waals surface area contributed by atoms with Crippen molar-refractivity contribution in [1.82, 2.24) is 10.2 Å². The normalized spacial score (nSPS) is 26.3. The minimum atomic E-state index is 0.232. The lowest BCUT2D eigenvalue weighted by molar-refractivity contribution is -0.140. The third-order valence-electron chi connectivity index (χ3n) is 4.75. The van der Waals surface area contributed by atoms with Crippen molar-refractivity contribution in [2.24, 2.45) is 11.8 Å². The Labute approximate surface area is 115 Å². The third kappa shape index (κ3) is 3.48. The first-order chi connectivity index (χ1) is 9.34. The van der Waals surface area contributed by atoms with E-state index in [0.29, 0.717) is 17.9 Å². The molecular weight excluding hydrogens is 240 g/mol. The highest BCUT2D eigenvalue weighted by Gasteiger charge is 2.37. The van der Waals surface area contributed by atoms with Gasteiger partial charge >= 0.3 is 0 Å². The van der Waals surface area contributed by atoms with E-state index in [1.54, 1.807) is 0 Å². The molecule has 1 saturated carbocycles. The summed E-state index contributed by atoms with van der Waals surface area (Å²) in [5, 5.41) is 3.41. The minimum absolute atomic E-state index is 0.232. The fourth-order valence-corrected chi connectivity index (χ4v) is 3.33. The molecule has 3 rings (SSSR count). The summed E-state index contributed by atoms with van der Waals surface area (Å²) in [5.41, 5.74) is 0. The Morgan fingerprint density at radius 3 is 2.37 bits per heavy atom. The van der Waals surface area contributed by atoms with Gasteiger partial charge in [-0.3, -0.25) is 4.79 Å². The van der Waals surface area contributed by atoms with Crippen LogP contribution in [0.3, 0.4) is 0 Å². The molecule has 4 nitrogen and oxygen atoms in total. The van der Waals surface area contributed by atoms with Crippen molar-refractivity contribution in [1.29, 1.82) is 0 Å². The summed E-state index contributed by atoms with van der Waals surface area (Å²) in [5.74, 6) is 1.37. The average molecular weight is 266 g/mol. The predicted molar refractivity (Wildman–Crippen MR) is 73.9 cm³/mol. The second kappa shape index (κ2) is 6.23. The van der Waals surface area contributed by atoms with Gasteiger partial charge in [0.25, 0.3) is 0 Å². The molecule has 3 aliphatic rings. The van der Waals surface area contributed by atoms with Crippen LogP contribution in [0.1, 0.15) is 38.5 Å². The zero-order valence-corrected chi connectivity index (χ0v) is 11.8. The van der Waals surface area contributed by atoms with Crippen molar-refractivity contribution in [2.75, 3.05) is 32.8 Å². The highest BCUT2D eigenvalue weighted by molar-refractivity contribution is 5.79. The molecular formula is C15H26N2O2. The molecule has 108 valence electrons. The van der Waals surface area contributed by atoms with Crippen molar-refractivity contribution in [2.45, 2.75) is 44.6 Å². The van der Waals surface area contributed by atoms with Gasteiger partial charge in [0, 0.05) is 31.7 Å². The molecule has 0 spiro atoms. The van der Waals surface area contributed by atoms with Gasteiger partial charge in [-0.1, -0.05) is 0 Å². The van der Waals surface area contributed by atoms with E-state index < -0.39 is 0 Å². The lowest BCUT2D eigenvalue weighted by Gasteiger charge is -2.33. The number of nitrogens with zero attached hydrogens (tertiary/aromatic N) is 1. The lowest BCUT2D eigenvalue weighted by Crippen LogP contribution is -2.44. The van der Waals surface area contributed by atoms with E-state index >= 15 is 0 Å². The monoisotopic (exact) mass is 266 g/mol. The van der Waals surface area contributed by atoms with Crippen LogP contribution in [0.25, 0.3) is 0 Å². The van der Waals surface area contributed by atoms with Crippen LogP contribution in [-0.4, -0.2) is 49.7 Å². The van der Waals surface area contributed by atoms with Gasteiger partial charge in [0.2, 0.25) is 5.91 Å². The maximum atomic E-state index is 12.7. The number of piperidine rings is 1. The van der Waals surface area contributed by atoms with Crippen molar-refractivity contribution in [3.63, 3.8) is 0 Å². The number of ether oxygens (including phenoxy) is 1. The lowest BCUT2D eigenvalue weighted by atomic mass is 9.94. The third-order valence-corrected chi connectivity index (χ3v) is 4.75. The molecule has 0 bridgehead atoms. The van der Waals surface area contributed by atoms with E-state index in [4.69, 9.17) is 4.74 Å². The molecule has 2 aliphatic heterocycles. The van der Waals surface area contributed by atoms with E-state index in [0.717, 1.165) is 45.7 Å². The zero-order valence-electron chi connectivity index (χ0n) is 11.8. The first-order valence-electron chi connectivity index (χ1n) is 7.93. The molecule has 1 N–H and O–H groups in total. The Kier molecular flexibility index (Phi) is 4.38.